The lowest BCUT2D eigenvalue weighted by molar-refractivity contribution is 0.425. The van der Waals surface area contributed by atoms with Crippen molar-refractivity contribution in [1.29, 1.82) is 0 Å². The molecule has 4 heteroatoms. The topological polar surface area (TPSA) is 26.0 Å². The molecule has 0 saturated carbocycles. The first kappa shape index (κ1) is 9.06. The van der Waals surface area contributed by atoms with E-state index in [1.54, 1.807) is 0 Å². The number of hydrogen-bond acceptors (Lipinski definition) is 1. The number of hydrogen-bond donors (Lipinski definition) is 1. The molecule has 0 saturated heterocycles. The van der Waals surface area contributed by atoms with Gasteiger partial charge in [-0.2, -0.15) is 0 Å². The lowest BCUT2D eigenvalue weighted by Gasteiger charge is -2.07. The molecule has 0 fully saturated rings. The van der Waals surface area contributed by atoms with Crippen LogP contribution in [0.4, 0.5) is 13.2 Å². The molecule has 1 nitrogen and oxygen atoms in total. The predicted molar refractivity (Wildman–Crippen MR) is 39.3 cm³/mol. The highest BCUT2D eigenvalue weighted by Gasteiger charge is 2.10. The normalized spacial score (nSPS) is 13.0. The van der Waals surface area contributed by atoms with Crippen molar-refractivity contribution in [3.05, 3.63) is 35.4 Å². The Kier molecular flexibility index (Phi) is 2.70. The maximum Gasteiger partial charge on any atom is 0.130 e. The van der Waals surface area contributed by atoms with Gasteiger partial charge in [0.25, 0.3) is 0 Å². The van der Waals surface area contributed by atoms with Gasteiger partial charge < -0.3 is 5.73 Å². The monoisotopic (exact) mass is 175 g/mol. The standard InChI is InChI=1S/C8H8F3N/c9-4-8(12)6-2-1-5(10)3-7(6)11/h1-3,8H,4,12H2/t8-/m0/s1. The van der Waals surface area contributed by atoms with Crippen LogP contribution in [0.3, 0.4) is 0 Å². The van der Waals surface area contributed by atoms with Crippen LogP contribution in [0.5, 0.6) is 0 Å². The zero-order valence-electron chi connectivity index (χ0n) is 6.23. The minimum Gasteiger partial charge on any atom is -0.322 e. The summed E-state index contributed by atoms with van der Waals surface area (Å²) < 4.78 is 37.1. The summed E-state index contributed by atoms with van der Waals surface area (Å²) in [7, 11) is 0. The molecule has 1 aromatic carbocycles. The van der Waals surface area contributed by atoms with Crippen molar-refractivity contribution in [3.8, 4) is 0 Å². The van der Waals surface area contributed by atoms with Crippen LogP contribution >= 0.6 is 0 Å². The molecule has 1 rings (SSSR count). The van der Waals surface area contributed by atoms with Crippen LogP contribution in [-0.4, -0.2) is 6.67 Å². The molecule has 0 aliphatic heterocycles. The van der Waals surface area contributed by atoms with Gasteiger partial charge in [-0.05, 0) is 6.07 Å². The molecule has 0 spiro atoms. The van der Waals surface area contributed by atoms with E-state index in [4.69, 9.17) is 5.73 Å². The maximum absolute atomic E-state index is 12.8. The highest BCUT2D eigenvalue weighted by molar-refractivity contribution is 5.21. The van der Waals surface area contributed by atoms with Crippen LogP contribution in [0.2, 0.25) is 0 Å². The fourth-order valence-electron chi connectivity index (χ4n) is 0.885. The first-order chi connectivity index (χ1) is 5.65. The van der Waals surface area contributed by atoms with Gasteiger partial charge in [0, 0.05) is 11.6 Å². The fourth-order valence-corrected chi connectivity index (χ4v) is 0.885. The minimum absolute atomic E-state index is 0.00102. The van der Waals surface area contributed by atoms with Crippen LogP contribution < -0.4 is 5.73 Å². The van der Waals surface area contributed by atoms with Crippen molar-refractivity contribution < 1.29 is 13.2 Å². The first-order valence-corrected chi connectivity index (χ1v) is 3.41. The lowest BCUT2D eigenvalue weighted by atomic mass is 10.1. The summed E-state index contributed by atoms with van der Waals surface area (Å²) in [4.78, 5) is 0. The van der Waals surface area contributed by atoms with E-state index >= 15 is 0 Å². The number of nitrogens with two attached hydrogens (primary N) is 1. The van der Waals surface area contributed by atoms with E-state index in [0.29, 0.717) is 6.07 Å². The van der Waals surface area contributed by atoms with Gasteiger partial charge in [-0.3, -0.25) is 0 Å². The molecule has 0 aromatic heterocycles. The highest BCUT2D eigenvalue weighted by atomic mass is 19.1. The Hall–Kier alpha value is -1.03. The van der Waals surface area contributed by atoms with E-state index in [-0.39, 0.29) is 5.56 Å². The van der Waals surface area contributed by atoms with E-state index < -0.39 is 24.4 Å². The second-order valence-corrected chi connectivity index (χ2v) is 2.43. The lowest BCUT2D eigenvalue weighted by Crippen LogP contribution is -2.13. The van der Waals surface area contributed by atoms with E-state index in [1.165, 1.54) is 0 Å². The summed E-state index contributed by atoms with van der Waals surface area (Å²) >= 11 is 0. The summed E-state index contributed by atoms with van der Waals surface area (Å²) in [5.41, 5.74) is 5.21. The molecule has 1 atom stereocenters. The van der Waals surface area contributed by atoms with Crippen LogP contribution in [-0.2, 0) is 0 Å². The fraction of sp³-hybridized carbons (Fsp3) is 0.250. The second kappa shape index (κ2) is 3.58. The molecule has 0 amide bonds. The molecule has 0 bridgehead atoms. The van der Waals surface area contributed by atoms with Gasteiger partial charge in [-0.1, -0.05) is 6.07 Å². The quantitative estimate of drug-likeness (QED) is 0.730. The van der Waals surface area contributed by atoms with E-state index in [2.05, 4.69) is 0 Å². The second-order valence-electron chi connectivity index (χ2n) is 2.43. The van der Waals surface area contributed by atoms with Crippen LogP contribution in [0.1, 0.15) is 11.6 Å². The zero-order chi connectivity index (χ0) is 9.14. The largest absolute Gasteiger partial charge is 0.322 e. The molecule has 0 heterocycles. The molecule has 0 aliphatic carbocycles. The van der Waals surface area contributed by atoms with Gasteiger partial charge >= 0.3 is 0 Å². The average molecular weight is 175 g/mol. The van der Waals surface area contributed by atoms with Gasteiger partial charge in [-0.25, -0.2) is 13.2 Å². The van der Waals surface area contributed by atoms with E-state index in [0.717, 1.165) is 12.1 Å². The number of alkyl halides is 1. The SMILES string of the molecule is N[C@@H](CF)c1ccc(F)cc1F. The van der Waals surface area contributed by atoms with E-state index in [9.17, 15) is 13.2 Å². The van der Waals surface area contributed by atoms with Crippen molar-refractivity contribution in [1.82, 2.24) is 0 Å². The summed E-state index contributed by atoms with van der Waals surface area (Å²) in [5, 5.41) is 0. The maximum atomic E-state index is 12.8. The first-order valence-electron chi connectivity index (χ1n) is 3.41. The minimum atomic E-state index is -1.01. The Morgan fingerprint density at radius 1 is 1.33 bits per heavy atom. The third-order valence-corrected chi connectivity index (χ3v) is 1.53. The molecule has 0 aliphatic rings. The third kappa shape index (κ3) is 1.76. The van der Waals surface area contributed by atoms with Crippen molar-refractivity contribution in [2.75, 3.05) is 6.67 Å². The van der Waals surface area contributed by atoms with Crippen LogP contribution in [0.15, 0.2) is 18.2 Å². The van der Waals surface area contributed by atoms with Gasteiger partial charge in [0.15, 0.2) is 0 Å². The Labute approximate surface area is 68.0 Å². The number of benzene rings is 1. The van der Waals surface area contributed by atoms with Crippen molar-refractivity contribution in [3.63, 3.8) is 0 Å². The van der Waals surface area contributed by atoms with Gasteiger partial charge in [0.2, 0.25) is 0 Å². The molecule has 2 N–H and O–H groups in total. The summed E-state index contributed by atoms with van der Waals surface area (Å²) in [6.45, 7) is -0.859. The van der Waals surface area contributed by atoms with Crippen LogP contribution in [0, 0.1) is 11.6 Å². The Morgan fingerprint density at radius 3 is 2.50 bits per heavy atom. The predicted octanol–water partition coefficient (Wildman–Crippen LogP) is 1.93. The average Bonchev–Trinajstić information content (AvgIpc) is 2.03. The van der Waals surface area contributed by atoms with Gasteiger partial charge in [0.05, 0.1) is 6.04 Å². The smallest absolute Gasteiger partial charge is 0.130 e. The van der Waals surface area contributed by atoms with Gasteiger partial charge in [0.1, 0.15) is 18.3 Å². The Bertz CT molecular complexity index is 275. The van der Waals surface area contributed by atoms with Gasteiger partial charge in [-0.15, -0.1) is 0 Å². The molecular weight excluding hydrogens is 167 g/mol. The van der Waals surface area contributed by atoms with Crippen molar-refractivity contribution in [2.24, 2.45) is 5.73 Å². The molecular formula is C8H8F3N. The van der Waals surface area contributed by atoms with Crippen molar-refractivity contribution >= 4 is 0 Å². The summed E-state index contributed by atoms with van der Waals surface area (Å²) in [5.74, 6) is -1.50. The third-order valence-electron chi connectivity index (χ3n) is 1.53. The zero-order valence-corrected chi connectivity index (χ0v) is 6.23. The molecule has 0 radical (unpaired) electrons. The van der Waals surface area contributed by atoms with Crippen LogP contribution in [0.25, 0.3) is 0 Å². The summed E-state index contributed by atoms with van der Waals surface area (Å²) in [6.07, 6.45) is 0. The molecule has 66 valence electrons. The number of halogens is 3. The Morgan fingerprint density at radius 2 is 2.00 bits per heavy atom. The Balaban J connectivity index is 3.01. The molecule has 0 unspecified atom stereocenters. The van der Waals surface area contributed by atoms with E-state index in [1.807, 2.05) is 0 Å². The summed E-state index contributed by atoms with van der Waals surface area (Å²) in [6, 6.07) is 1.87. The number of rotatable bonds is 2. The highest BCUT2D eigenvalue weighted by Crippen LogP contribution is 2.16. The van der Waals surface area contributed by atoms with Crippen molar-refractivity contribution in [2.45, 2.75) is 6.04 Å². The molecule has 1 aromatic rings. The molecule has 12 heavy (non-hydrogen) atoms.